The maximum Gasteiger partial charge on any atom is 0.145 e. The zero-order valence-corrected chi connectivity index (χ0v) is 14.9. The summed E-state index contributed by atoms with van der Waals surface area (Å²) in [6.07, 6.45) is 2.47. The Morgan fingerprint density at radius 1 is 1.35 bits per heavy atom. The predicted octanol–water partition coefficient (Wildman–Crippen LogP) is 3.67. The van der Waals surface area contributed by atoms with Crippen LogP contribution < -0.4 is 10.6 Å². The Labute approximate surface area is 143 Å². The first-order valence-electron chi connectivity index (χ1n) is 8.11. The molecule has 0 saturated carbocycles. The minimum absolute atomic E-state index is 0.125. The van der Waals surface area contributed by atoms with Crippen molar-refractivity contribution in [1.29, 1.82) is 0 Å². The lowest BCUT2D eigenvalue weighted by Gasteiger charge is -2.26. The molecule has 2 rings (SSSR count). The molecule has 1 saturated heterocycles. The number of anilines is 1. The summed E-state index contributed by atoms with van der Waals surface area (Å²) >= 11 is 5.95. The molecule has 1 fully saturated rings. The minimum atomic E-state index is -0.372. The van der Waals surface area contributed by atoms with Gasteiger partial charge in [-0.15, -0.1) is 0 Å². The molecule has 0 aliphatic carbocycles. The minimum Gasteiger partial charge on any atom is -0.387 e. The van der Waals surface area contributed by atoms with Crippen LogP contribution in [0.3, 0.4) is 0 Å². The third-order valence-corrected chi connectivity index (χ3v) is 4.47. The second kappa shape index (κ2) is 7.35. The van der Waals surface area contributed by atoms with Crippen LogP contribution in [-0.4, -0.2) is 30.8 Å². The van der Waals surface area contributed by atoms with E-state index in [1.165, 1.54) is 0 Å². The number of benzene rings is 1. The van der Waals surface area contributed by atoms with E-state index < -0.39 is 0 Å². The summed E-state index contributed by atoms with van der Waals surface area (Å²) in [5.74, 6) is 0.563. The highest BCUT2D eigenvalue weighted by Crippen LogP contribution is 2.27. The Morgan fingerprint density at radius 3 is 2.61 bits per heavy atom. The first-order valence-corrected chi connectivity index (χ1v) is 8.49. The van der Waals surface area contributed by atoms with E-state index in [1.807, 2.05) is 45.0 Å². The largest absolute Gasteiger partial charge is 0.387 e. The van der Waals surface area contributed by atoms with Crippen LogP contribution in [-0.2, 0) is 4.79 Å². The number of ketones is 1. The predicted molar refractivity (Wildman–Crippen MR) is 97.4 cm³/mol. The van der Waals surface area contributed by atoms with E-state index >= 15 is 0 Å². The highest BCUT2D eigenvalue weighted by Gasteiger charge is 2.25. The zero-order valence-electron chi connectivity index (χ0n) is 14.2. The summed E-state index contributed by atoms with van der Waals surface area (Å²) in [7, 11) is 0. The Kier molecular flexibility index (Phi) is 5.69. The fourth-order valence-electron chi connectivity index (χ4n) is 2.71. The van der Waals surface area contributed by atoms with E-state index in [2.05, 4.69) is 9.89 Å². The second-order valence-electron chi connectivity index (χ2n) is 7.15. The van der Waals surface area contributed by atoms with E-state index in [0.29, 0.717) is 18.4 Å². The number of aliphatic imine (C=N–C) groups is 1. The van der Waals surface area contributed by atoms with Crippen LogP contribution in [0.25, 0.3) is 0 Å². The number of nitrogens with zero attached hydrogens (tertiary/aromatic N) is 2. The van der Waals surface area contributed by atoms with Crippen molar-refractivity contribution in [2.75, 3.05) is 18.0 Å². The normalized spacial score (nSPS) is 19.2. The van der Waals surface area contributed by atoms with Crippen molar-refractivity contribution in [3.8, 4) is 0 Å². The van der Waals surface area contributed by atoms with Gasteiger partial charge in [-0.05, 0) is 37.1 Å². The van der Waals surface area contributed by atoms with Gasteiger partial charge >= 0.3 is 0 Å². The molecular formula is C18H26ClN3O. The quantitative estimate of drug-likeness (QED) is 0.659. The topological polar surface area (TPSA) is 58.7 Å². The van der Waals surface area contributed by atoms with Gasteiger partial charge < -0.3 is 10.6 Å². The van der Waals surface area contributed by atoms with Crippen molar-refractivity contribution in [1.82, 2.24) is 0 Å². The van der Waals surface area contributed by atoms with Crippen LogP contribution in [0.4, 0.5) is 5.69 Å². The molecular weight excluding hydrogens is 310 g/mol. The number of rotatable bonds is 5. The lowest BCUT2D eigenvalue weighted by molar-refractivity contribution is -0.125. The van der Waals surface area contributed by atoms with Crippen molar-refractivity contribution < 1.29 is 4.79 Å². The van der Waals surface area contributed by atoms with E-state index in [0.717, 1.165) is 30.1 Å². The van der Waals surface area contributed by atoms with Gasteiger partial charge in [-0.25, -0.2) is 0 Å². The Balaban J connectivity index is 1.97. The third-order valence-electron chi connectivity index (χ3n) is 4.22. The van der Waals surface area contributed by atoms with Gasteiger partial charge in [0, 0.05) is 28.7 Å². The van der Waals surface area contributed by atoms with Gasteiger partial charge in [0.25, 0.3) is 0 Å². The van der Waals surface area contributed by atoms with Crippen LogP contribution in [0.15, 0.2) is 29.3 Å². The van der Waals surface area contributed by atoms with Crippen molar-refractivity contribution in [2.24, 2.45) is 16.1 Å². The number of amidine groups is 1. The average Bonchev–Trinajstić information content (AvgIpc) is 2.93. The molecule has 0 bridgehead atoms. The number of nitrogens with two attached hydrogens (primary N) is 1. The molecule has 0 spiro atoms. The maximum atomic E-state index is 12.0. The average molecular weight is 336 g/mol. The van der Waals surface area contributed by atoms with Crippen molar-refractivity contribution >= 4 is 28.9 Å². The number of Topliss-reactive ketones (excluding diaryl/α,β-unsaturated/α-hetero) is 1. The summed E-state index contributed by atoms with van der Waals surface area (Å²) in [4.78, 5) is 18.8. The molecule has 0 amide bonds. The van der Waals surface area contributed by atoms with E-state index in [4.69, 9.17) is 17.3 Å². The molecule has 0 radical (unpaired) electrons. The summed E-state index contributed by atoms with van der Waals surface area (Å²) in [5.41, 5.74) is 6.74. The summed E-state index contributed by atoms with van der Waals surface area (Å²) in [5, 5.41) is 0.743. The monoisotopic (exact) mass is 335 g/mol. The number of hydrogen-bond donors (Lipinski definition) is 1. The van der Waals surface area contributed by atoms with Crippen LogP contribution in [0.1, 0.15) is 40.0 Å². The molecule has 23 heavy (non-hydrogen) atoms. The fraction of sp³-hybridized carbons (Fsp3) is 0.556. The van der Waals surface area contributed by atoms with Crippen molar-refractivity contribution in [2.45, 2.75) is 46.1 Å². The number of halogens is 1. The highest BCUT2D eigenvalue weighted by atomic mass is 35.5. The van der Waals surface area contributed by atoms with Gasteiger partial charge in [0.1, 0.15) is 11.6 Å². The first kappa shape index (κ1) is 17.8. The summed E-state index contributed by atoms with van der Waals surface area (Å²) < 4.78 is 0. The first-order chi connectivity index (χ1) is 10.8. The lowest BCUT2D eigenvalue weighted by atomic mass is 9.89. The smallest absolute Gasteiger partial charge is 0.145 e. The van der Waals surface area contributed by atoms with E-state index in [1.54, 1.807) is 0 Å². The zero-order chi connectivity index (χ0) is 17.0. The Hall–Kier alpha value is -1.55. The van der Waals surface area contributed by atoms with E-state index in [9.17, 15) is 4.79 Å². The Morgan fingerprint density at radius 2 is 2.00 bits per heavy atom. The lowest BCUT2D eigenvalue weighted by Crippen LogP contribution is -2.33. The summed E-state index contributed by atoms with van der Waals surface area (Å²) in [6, 6.07) is 8.23. The molecule has 1 heterocycles. The van der Waals surface area contributed by atoms with Gasteiger partial charge in [0.05, 0.1) is 13.0 Å². The van der Waals surface area contributed by atoms with Crippen molar-refractivity contribution in [3.05, 3.63) is 29.3 Å². The third kappa shape index (κ3) is 4.96. The van der Waals surface area contributed by atoms with Gasteiger partial charge in [-0.3, -0.25) is 9.79 Å². The van der Waals surface area contributed by atoms with Gasteiger partial charge in [0.2, 0.25) is 0 Å². The molecule has 1 aliphatic heterocycles. The SMILES string of the molecule is CC(C)(C)C(=O)CC(N)=NCC1CCCN1c1ccc(Cl)cc1. The number of hydrogen-bond acceptors (Lipinski definition) is 3. The molecule has 1 aromatic rings. The molecule has 1 unspecified atom stereocenters. The molecule has 1 aromatic carbocycles. The van der Waals surface area contributed by atoms with Gasteiger partial charge in [-0.2, -0.15) is 0 Å². The second-order valence-corrected chi connectivity index (χ2v) is 7.58. The van der Waals surface area contributed by atoms with Crippen molar-refractivity contribution in [3.63, 3.8) is 0 Å². The molecule has 1 atom stereocenters. The van der Waals surface area contributed by atoms with Crippen LogP contribution in [0.5, 0.6) is 0 Å². The van der Waals surface area contributed by atoms with Crippen LogP contribution in [0.2, 0.25) is 5.02 Å². The standard InChI is InChI=1S/C18H26ClN3O/c1-18(2,3)16(23)11-17(20)21-12-15-5-4-10-22(15)14-8-6-13(19)7-9-14/h6-9,15H,4-5,10-12H2,1-3H3,(H2,20,21). The fourth-order valence-corrected chi connectivity index (χ4v) is 2.83. The maximum absolute atomic E-state index is 12.0. The van der Waals surface area contributed by atoms with Gasteiger partial charge in [-0.1, -0.05) is 32.4 Å². The molecule has 1 aliphatic rings. The van der Waals surface area contributed by atoms with Crippen LogP contribution >= 0.6 is 11.6 Å². The highest BCUT2D eigenvalue weighted by molar-refractivity contribution is 6.30. The van der Waals surface area contributed by atoms with Crippen LogP contribution in [0, 0.1) is 5.41 Å². The Bertz CT molecular complexity index is 575. The number of carbonyl (C=O) groups excluding carboxylic acids is 1. The molecule has 0 aromatic heterocycles. The number of carbonyl (C=O) groups is 1. The summed E-state index contributed by atoms with van der Waals surface area (Å²) in [6.45, 7) is 7.36. The molecule has 5 heteroatoms. The molecule has 4 nitrogen and oxygen atoms in total. The van der Waals surface area contributed by atoms with E-state index in [-0.39, 0.29) is 17.6 Å². The molecule has 2 N–H and O–H groups in total. The van der Waals surface area contributed by atoms with Gasteiger partial charge in [0.15, 0.2) is 0 Å². The molecule has 126 valence electrons.